The first-order valence-corrected chi connectivity index (χ1v) is 9.04. The molecule has 1 heterocycles. The van der Waals surface area contributed by atoms with Crippen LogP contribution in [0.5, 0.6) is 0 Å². The van der Waals surface area contributed by atoms with Crippen LogP contribution in [-0.2, 0) is 9.53 Å². The monoisotopic (exact) mass is 326 g/mol. The van der Waals surface area contributed by atoms with Crippen LogP contribution in [0.2, 0.25) is 0 Å². The zero-order chi connectivity index (χ0) is 16.8. The lowest BCUT2D eigenvalue weighted by Gasteiger charge is -2.38. The minimum atomic E-state index is -0.464. The second-order valence-electron chi connectivity index (χ2n) is 6.96. The van der Waals surface area contributed by atoms with E-state index in [1.165, 1.54) is 19.3 Å². The molecule has 0 saturated heterocycles. The number of hydrogen-bond donors (Lipinski definition) is 1. The summed E-state index contributed by atoms with van der Waals surface area (Å²) in [5.74, 6) is -0.110. The van der Waals surface area contributed by atoms with Gasteiger partial charge in [-0.3, -0.25) is 0 Å². The van der Waals surface area contributed by atoms with Crippen molar-refractivity contribution in [1.82, 2.24) is 0 Å². The summed E-state index contributed by atoms with van der Waals surface area (Å²) in [4.78, 5) is 12.4. The van der Waals surface area contributed by atoms with Gasteiger partial charge in [0.15, 0.2) is 0 Å². The Hall–Kier alpha value is -2.03. The maximum absolute atomic E-state index is 12.4. The zero-order valence-corrected chi connectivity index (χ0v) is 14.2. The van der Waals surface area contributed by atoms with Gasteiger partial charge < -0.3 is 9.84 Å². The Morgan fingerprint density at radius 2 is 1.71 bits per heavy atom. The van der Waals surface area contributed by atoms with Crippen LogP contribution in [0.25, 0.3) is 6.08 Å². The first kappa shape index (κ1) is 16.8. The molecule has 0 unspecified atom stereocenters. The molecule has 2 aliphatic rings. The third-order valence-corrected chi connectivity index (χ3v) is 5.09. The molecule has 0 bridgehead atoms. The van der Waals surface area contributed by atoms with E-state index in [2.05, 4.69) is 0 Å². The van der Waals surface area contributed by atoms with Crippen LogP contribution in [0.1, 0.15) is 63.4 Å². The topological polar surface area (TPSA) is 46.5 Å². The van der Waals surface area contributed by atoms with E-state index >= 15 is 0 Å². The first-order valence-electron chi connectivity index (χ1n) is 9.04. The molecule has 1 aliphatic carbocycles. The Kier molecular flexibility index (Phi) is 5.39. The third-order valence-electron chi connectivity index (χ3n) is 5.09. The van der Waals surface area contributed by atoms with Crippen molar-refractivity contribution in [2.24, 2.45) is 0 Å². The quantitative estimate of drug-likeness (QED) is 0.763. The average Bonchev–Trinajstić information content (AvgIpc) is 2.55. The molecule has 0 atom stereocenters. The predicted molar refractivity (Wildman–Crippen MR) is 95.5 cm³/mol. The molecular weight excluding hydrogens is 300 g/mol. The molecule has 1 saturated carbocycles. The van der Waals surface area contributed by atoms with Crippen LogP contribution in [0.15, 0.2) is 47.7 Å². The van der Waals surface area contributed by atoms with E-state index in [9.17, 15) is 9.90 Å². The van der Waals surface area contributed by atoms with Gasteiger partial charge in [0.05, 0.1) is 5.57 Å². The number of carbonyl (C=O) groups excluding carboxylic acids is 1. The zero-order valence-electron chi connectivity index (χ0n) is 14.2. The highest BCUT2D eigenvalue weighted by molar-refractivity contribution is 5.90. The highest BCUT2D eigenvalue weighted by Crippen LogP contribution is 2.39. The summed E-state index contributed by atoms with van der Waals surface area (Å²) < 4.78 is 5.85. The van der Waals surface area contributed by atoms with Crippen molar-refractivity contribution in [2.45, 2.75) is 63.4 Å². The molecule has 1 aliphatic heterocycles. The van der Waals surface area contributed by atoms with Gasteiger partial charge in [-0.1, -0.05) is 61.7 Å². The molecule has 1 aromatic carbocycles. The van der Waals surface area contributed by atoms with Crippen molar-refractivity contribution in [2.75, 3.05) is 0 Å². The lowest BCUT2D eigenvalue weighted by atomic mass is 9.81. The van der Waals surface area contributed by atoms with E-state index in [1.807, 2.05) is 42.5 Å². The molecule has 0 radical (unpaired) electrons. The second-order valence-corrected chi connectivity index (χ2v) is 6.96. The lowest BCUT2D eigenvalue weighted by molar-refractivity contribution is -0.161. The molecule has 0 amide bonds. The Balaban J connectivity index is 1.69. The van der Waals surface area contributed by atoms with E-state index in [1.54, 1.807) is 0 Å². The van der Waals surface area contributed by atoms with Gasteiger partial charge in [-0.2, -0.15) is 0 Å². The molecule has 128 valence electrons. The summed E-state index contributed by atoms with van der Waals surface area (Å²) >= 11 is 0. The molecule has 0 aromatic heterocycles. The van der Waals surface area contributed by atoms with Gasteiger partial charge in [0, 0.05) is 12.8 Å². The molecule has 3 heteroatoms. The van der Waals surface area contributed by atoms with Crippen molar-refractivity contribution in [3.8, 4) is 0 Å². The predicted octanol–water partition coefficient (Wildman–Crippen LogP) is 5.33. The summed E-state index contributed by atoms with van der Waals surface area (Å²) in [5, 5.41) is 10.5. The van der Waals surface area contributed by atoms with Crippen LogP contribution in [0.4, 0.5) is 0 Å². The van der Waals surface area contributed by atoms with Crippen LogP contribution in [0, 0.1) is 0 Å². The van der Waals surface area contributed by atoms with Gasteiger partial charge >= 0.3 is 5.97 Å². The minimum absolute atomic E-state index is 0.226. The largest absolute Gasteiger partial charge is 0.512 e. The molecule has 1 spiro atoms. The smallest absolute Gasteiger partial charge is 0.338 e. The Bertz CT molecular complexity index is 620. The van der Waals surface area contributed by atoms with Crippen molar-refractivity contribution in [1.29, 1.82) is 0 Å². The fourth-order valence-corrected chi connectivity index (χ4v) is 3.73. The summed E-state index contributed by atoms with van der Waals surface area (Å²) in [6.45, 7) is 0. The number of ether oxygens (including phenoxy) is 1. The Morgan fingerprint density at radius 1 is 1.04 bits per heavy atom. The number of esters is 1. The van der Waals surface area contributed by atoms with Crippen LogP contribution < -0.4 is 0 Å². The average molecular weight is 326 g/mol. The fraction of sp³-hybridized carbons (Fsp3) is 0.476. The molecule has 1 aromatic rings. The van der Waals surface area contributed by atoms with Gasteiger partial charge in [0.1, 0.15) is 11.4 Å². The normalized spacial score (nSPS) is 21.6. The van der Waals surface area contributed by atoms with Crippen molar-refractivity contribution in [3.05, 3.63) is 53.3 Å². The first-order chi connectivity index (χ1) is 11.7. The van der Waals surface area contributed by atoms with Crippen LogP contribution in [-0.4, -0.2) is 16.7 Å². The highest BCUT2D eigenvalue weighted by Gasteiger charge is 2.41. The van der Waals surface area contributed by atoms with Gasteiger partial charge in [-0.05, 0) is 31.2 Å². The van der Waals surface area contributed by atoms with Crippen LogP contribution >= 0.6 is 0 Å². The summed E-state index contributed by atoms with van der Waals surface area (Å²) in [6.07, 6.45) is 12.3. The standard InChI is InChI=1S/C21H26O3/c22-19-16-21(14-7-2-1-3-8-15-21)24-20(23)18(19)13-9-12-17-10-5-4-6-11-17/h4-6,9-12,22H,1-3,7-8,13-16H2. The van der Waals surface area contributed by atoms with E-state index in [0.717, 1.165) is 31.2 Å². The van der Waals surface area contributed by atoms with E-state index in [4.69, 9.17) is 4.74 Å². The highest BCUT2D eigenvalue weighted by atomic mass is 16.6. The van der Waals surface area contributed by atoms with Gasteiger partial charge in [0.2, 0.25) is 0 Å². The van der Waals surface area contributed by atoms with E-state index in [-0.39, 0.29) is 11.7 Å². The summed E-state index contributed by atoms with van der Waals surface area (Å²) in [7, 11) is 0. The van der Waals surface area contributed by atoms with Crippen molar-refractivity contribution in [3.63, 3.8) is 0 Å². The third kappa shape index (κ3) is 4.08. The van der Waals surface area contributed by atoms with Gasteiger partial charge in [-0.15, -0.1) is 0 Å². The van der Waals surface area contributed by atoms with Gasteiger partial charge in [-0.25, -0.2) is 4.79 Å². The van der Waals surface area contributed by atoms with Gasteiger partial charge in [0.25, 0.3) is 0 Å². The number of aliphatic hydroxyl groups excluding tert-OH is 1. The molecule has 3 rings (SSSR count). The summed E-state index contributed by atoms with van der Waals surface area (Å²) in [6, 6.07) is 9.94. The number of aliphatic hydroxyl groups is 1. The number of allylic oxidation sites excluding steroid dienone is 1. The molecule has 24 heavy (non-hydrogen) atoms. The maximum atomic E-state index is 12.4. The Labute approximate surface area is 144 Å². The second kappa shape index (κ2) is 7.69. The van der Waals surface area contributed by atoms with Crippen molar-refractivity contribution < 1.29 is 14.6 Å². The molecule has 3 nitrogen and oxygen atoms in total. The number of carbonyl (C=O) groups is 1. The molecule has 1 N–H and O–H groups in total. The van der Waals surface area contributed by atoms with Crippen molar-refractivity contribution >= 4 is 12.0 Å². The lowest BCUT2D eigenvalue weighted by Crippen LogP contribution is -2.40. The van der Waals surface area contributed by atoms with Crippen LogP contribution in [0.3, 0.4) is 0 Å². The molecular formula is C21H26O3. The minimum Gasteiger partial charge on any atom is -0.512 e. The SMILES string of the molecule is O=C1OC2(CCCCCCC2)CC(O)=C1CC=Cc1ccccc1. The maximum Gasteiger partial charge on any atom is 0.338 e. The number of benzene rings is 1. The fourth-order valence-electron chi connectivity index (χ4n) is 3.73. The van der Waals surface area contributed by atoms with E-state index in [0.29, 0.717) is 18.4 Å². The molecule has 1 fully saturated rings. The number of hydrogen-bond acceptors (Lipinski definition) is 3. The Morgan fingerprint density at radius 3 is 2.38 bits per heavy atom. The van der Waals surface area contributed by atoms with E-state index < -0.39 is 5.60 Å². The summed E-state index contributed by atoms with van der Waals surface area (Å²) in [5.41, 5.74) is 1.03. The number of rotatable bonds is 3.